The van der Waals surface area contributed by atoms with Gasteiger partial charge in [-0.2, -0.15) is 0 Å². The highest BCUT2D eigenvalue weighted by Gasteiger charge is 2.25. The Hall–Kier alpha value is -4.96. The summed E-state index contributed by atoms with van der Waals surface area (Å²) in [6.07, 6.45) is 0. The van der Waals surface area contributed by atoms with Gasteiger partial charge in [-0.15, -0.1) is 0 Å². The molecule has 4 heteroatoms. The van der Waals surface area contributed by atoms with Crippen molar-refractivity contribution >= 4 is 71.3 Å². The molecule has 36 heavy (non-hydrogen) atoms. The fraction of sp³-hybridized carbons (Fsp3) is 0. The van der Waals surface area contributed by atoms with Crippen molar-refractivity contribution < 1.29 is 4.42 Å². The molecule has 0 fully saturated rings. The lowest BCUT2D eigenvalue weighted by atomic mass is 10.0. The fourth-order valence-electron chi connectivity index (χ4n) is 5.98. The van der Waals surface area contributed by atoms with E-state index in [0.717, 1.165) is 71.7 Å². The minimum absolute atomic E-state index is 0.867. The lowest BCUT2D eigenvalue weighted by Gasteiger charge is -2.01. The molecule has 166 valence electrons. The van der Waals surface area contributed by atoms with Crippen LogP contribution in [0.25, 0.3) is 82.5 Å². The predicted octanol–water partition coefficient (Wildman–Crippen LogP) is 8.35. The van der Waals surface area contributed by atoms with E-state index < -0.39 is 0 Å². The smallest absolute Gasteiger partial charge is 0.165 e. The highest BCUT2D eigenvalue weighted by atomic mass is 16.3. The van der Waals surface area contributed by atoms with E-state index in [1.165, 1.54) is 10.8 Å². The molecule has 0 radical (unpaired) electrons. The summed E-state index contributed by atoms with van der Waals surface area (Å²) < 4.78 is 9.05. The molecule has 0 bridgehead atoms. The van der Waals surface area contributed by atoms with Gasteiger partial charge in [0.2, 0.25) is 0 Å². The third-order valence-corrected chi connectivity index (χ3v) is 7.51. The van der Waals surface area contributed by atoms with Gasteiger partial charge in [0.25, 0.3) is 0 Å². The van der Waals surface area contributed by atoms with Crippen LogP contribution in [0.15, 0.2) is 108 Å². The Morgan fingerprint density at radius 2 is 1.33 bits per heavy atom. The second-order valence-electron chi connectivity index (χ2n) is 9.41. The maximum Gasteiger partial charge on any atom is 0.165 e. The number of benzene rings is 5. The topological polar surface area (TPSA) is 43.3 Å². The SMILES string of the molecule is c1ccc(-c2cccc3c2oc2c3cc3c4ccccc4n4c5nc6ccccc6nc5c2c34)cc1. The molecule has 4 aromatic heterocycles. The Kier molecular flexibility index (Phi) is 3.25. The standard InChI is InChI=1S/C32H17N3O/c1-2-9-18(10-3-1)19-12-8-13-21-23-17-22-20-11-4-7-16-26(20)35-29(22)27(31(23)36-30(19)21)28-32(35)34-25-15-6-5-14-24(25)33-28/h1-17H. The molecular formula is C32H17N3O. The Morgan fingerprint density at radius 1 is 0.583 bits per heavy atom. The van der Waals surface area contributed by atoms with E-state index >= 15 is 0 Å². The fourth-order valence-corrected chi connectivity index (χ4v) is 5.98. The maximum absolute atomic E-state index is 6.79. The van der Waals surface area contributed by atoms with Gasteiger partial charge in [0.1, 0.15) is 16.7 Å². The molecule has 9 aromatic rings. The Balaban J connectivity index is 1.58. The number of para-hydroxylation sites is 4. The average molecular weight is 460 g/mol. The largest absolute Gasteiger partial charge is 0.455 e. The van der Waals surface area contributed by atoms with Gasteiger partial charge in [-0.3, -0.25) is 4.40 Å². The van der Waals surface area contributed by atoms with Crippen LogP contribution in [0.5, 0.6) is 0 Å². The molecule has 0 N–H and O–H groups in total. The summed E-state index contributed by atoms with van der Waals surface area (Å²) in [7, 11) is 0. The van der Waals surface area contributed by atoms with E-state index in [1.54, 1.807) is 0 Å². The highest BCUT2D eigenvalue weighted by molar-refractivity contribution is 6.32. The van der Waals surface area contributed by atoms with E-state index in [9.17, 15) is 0 Å². The van der Waals surface area contributed by atoms with Crippen molar-refractivity contribution in [2.75, 3.05) is 0 Å². The first kappa shape index (κ1) is 18.4. The van der Waals surface area contributed by atoms with Crippen LogP contribution < -0.4 is 0 Å². The van der Waals surface area contributed by atoms with E-state index in [4.69, 9.17) is 14.4 Å². The molecule has 0 spiro atoms. The van der Waals surface area contributed by atoms with Crippen LogP contribution in [0, 0.1) is 0 Å². The van der Waals surface area contributed by atoms with Crippen molar-refractivity contribution in [1.29, 1.82) is 0 Å². The van der Waals surface area contributed by atoms with Crippen LogP contribution in [0.3, 0.4) is 0 Å². The lowest BCUT2D eigenvalue weighted by Crippen LogP contribution is -1.88. The number of hydrogen-bond donors (Lipinski definition) is 0. The monoisotopic (exact) mass is 459 g/mol. The number of aromatic nitrogens is 3. The van der Waals surface area contributed by atoms with Crippen LogP contribution >= 0.6 is 0 Å². The molecule has 0 atom stereocenters. The zero-order valence-electron chi connectivity index (χ0n) is 19.1. The minimum atomic E-state index is 0.867. The normalized spacial score (nSPS) is 12.4. The molecule has 4 heterocycles. The van der Waals surface area contributed by atoms with E-state index in [1.807, 2.05) is 30.3 Å². The first-order chi connectivity index (χ1) is 17.9. The van der Waals surface area contributed by atoms with Gasteiger partial charge in [0.15, 0.2) is 5.65 Å². The first-order valence-electron chi connectivity index (χ1n) is 12.1. The second kappa shape index (κ2) is 6.37. The number of nitrogens with zero attached hydrogens (tertiary/aromatic N) is 3. The molecular weight excluding hydrogens is 442 g/mol. The number of hydrogen-bond acceptors (Lipinski definition) is 3. The molecule has 0 unspecified atom stereocenters. The maximum atomic E-state index is 6.79. The molecule has 0 saturated heterocycles. The van der Waals surface area contributed by atoms with Crippen molar-refractivity contribution in [3.63, 3.8) is 0 Å². The third kappa shape index (κ3) is 2.15. The second-order valence-corrected chi connectivity index (χ2v) is 9.41. The van der Waals surface area contributed by atoms with Gasteiger partial charge in [-0.25, -0.2) is 9.97 Å². The Labute approximate surface area is 204 Å². The summed E-state index contributed by atoms with van der Waals surface area (Å²) in [6, 6.07) is 35.8. The van der Waals surface area contributed by atoms with E-state index in [0.29, 0.717) is 0 Å². The van der Waals surface area contributed by atoms with Crippen molar-refractivity contribution in [3.8, 4) is 11.1 Å². The summed E-state index contributed by atoms with van der Waals surface area (Å²) in [4.78, 5) is 10.2. The summed E-state index contributed by atoms with van der Waals surface area (Å²) in [6.45, 7) is 0. The van der Waals surface area contributed by atoms with Crippen LogP contribution in [-0.4, -0.2) is 14.4 Å². The zero-order chi connectivity index (χ0) is 23.4. The van der Waals surface area contributed by atoms with Crippen molar-refractivity contribution in [1.82, 2.24) is 14.4 Å². The number of fused-ring (bicyclic) bond motifs is 11. The molecule has 0 aliphatic rings. The third-order valence-electron chi connectivity index (χ3n) is 7.51. The Bertz CT molecular complexity index is 2310. The molecule has 4 nitrogen and oxygen atoms in total. The van der Waals surface area contributed by atoms with Crippen molar-refractivity contribution in [2.45, 2.75) is 0 Å². The van der Waals surface area contributed by atoms with Crippen molar-refractivity contribution in [2.24, 2.45) is 0 Å². The molecule has 0 saturated carbocycles. The molecule has 0 amide bonds. The minimum Gasteiger partial charge on any atom is -0.455 e. The van der Waals surface area contributed by atoms with Crippen LogP contribution in [0.4, 0.5) is 0 Å². The molecule has 5 aromatic carbocycles. The van der Waals surface area contributed by atoms with Gasteiger partial charge in [0.05, 0.1) is 27.5 Å². The van der Waals surface area contributed by atoms with Crippen LogP contribution in [-0.2, 0) is 0 Å². The van der Waals surface area contributed by atoms with Gasteiger partial charge >= 0.3 is 0 Å². The summed E-state index contributed by atoms with van der Waals surface area (Å²) >= 11 is 0. The summed E-state index contributed by atoms with van der Waals surface area (Å²) in [5.74, 6) is 0. The molecule has 9 rings (SSSR count). The summed E-state index contributed by atoms with van der Waals surface area (Å²) in [5, 5.41) is 5.66. The predicted molar refractivity (Wildman–Crippen MR) is 147 cm³/mol. The van der Waals surface area contributed by atoms with Gasteiger partial charge in [-0.1, -0.05) is 78.9 Å². The lowest BCUT2D eigenvalue weighted by molar-refractivity contribution is 0.674. The van der Waals surface area contributed by atoms with E-state index in [-0.39, 0.29) is 0 Å². The quantitative estimate of drug-likeness (QED) is 0.248. The number of rotatable bonds is 1. The van der Waals surface area contributed by atoms with Gasteiger partial charge < -0.3 is 4.42 Å². The van der Waals surface area contributed by atoms with Crippen molar-refractivity contribution in [3.05, 3.63) is 103 Å². The van der Waals surface area contributed by atoms with Crippen LogP contribution in [0.1, 0.15) is 0 Å². The Morgan fingerprint density at radius 3 is 2.22 bits per heavy atom. The highest BCUT2D eigenvalue weighted by Crippen LogP contribution is 2.46. The van der Waals surface area contributed by atoms with Gasteiger partial charge in [0, 0.05) is 27.1 Å². The summed E-state index contributed by atoms with van der Waals surface area (Å²) in [5.41, 5.74) is 9.79. The van der Waals surface area contributed by atoms with E-state index in [2.05, 4.69) is 77.2 Å². The number of furan rings is 1. The average Bonchev–Trinajstić information content (AvgIpc) is 3.58. The molecule has 0 aliphatic heterocycles. The van der Waals surface area contributed by atoms with Gasteiger partial charge in [-0.05, 0) is 29.8 Å². The molecule has 0 aliphatic carbocycles. The zero-order valence-corrected chi connectivity index (χ0v) is 19.1. The first-order valence-corrected chi connectivity index (χ1v) is 12.1. The van der Waals surface area contributed by atoms with Crippen LogP contribution in [0.2, 0.25) is 0 Å².